The molecule has 0 amide bonds. The fourth-order valence-electron chi connectivity index (χ4n) is 2.34. The van der Waals surface area contributed by atoms with Crippen molar-refractivity contribution < 1.29 is 4.39 Å². The zero-order chi connectivity index (χ0) is 18.9. The van der Waals surface area contributed by atoms with Crippen LogP contribution in [0.1, 0.15) is 31.2 Å². The van der Waals surface area contributed by atoms with Gasteiger partial charge in [-0.2, -0.15) is 0 Å². The van der Waals surface area contributed by atoms with Crippen LogP contribution < -0.4 is 0 Å². The molecule has 0 spiro atoms. The van der Waals surface area contributed by atoms with Crippen molar-refractivity contribution in [1.82, 2.24) is 4.90 Å². The third kappa shape index (κ3) is 5.49. The van der Waals surface area contributed by atoms with Gasteiger partial charge in [-0.25, -0.2) is 14.4 Å². The number of rotatable bonds is 4. The van der Waals surface area contributed by atoms with E-state index in [1.165, 1.54) is 17.0 Å². The highest BCUT2D eigenvalue weighted by molar-refractivity contribution is 7.11. The minimum absolute atomic E-state index is 0.104. The standard InChI is InChI=1S/C18H18FN3S.C3H6/c1-13(17-4-3-9-23-17)10-20-18-14(2)22(12-21-18)11-15-5-7-16(19)8-6-15;1-3-2/h3-10,12,14H,11H2,1-2H3;3H,1H2,2H3/b13-10+,20-18?;. The molecule has 0 fully saturated rings. The Hall–Kier alpha value is -2.53. The molecule has 3 nitrogen and oxygen atoms in total. The van der Waals surface area contributed by atoms with Gasteiger partial charge in [0.1, 0.15) is 5.82 Å². The molecule has 1 aromatic carbocycles. The summed E-state index contributed by atoms with van der Waals surface area (Å²) in [5, 5.41) is 2.06. The third-order valence-electron chi connectivity index (χ3n) is 3.79. The van der Waals surface area contributed by atoms with Crippen molar-refractivity contribution in [3.63, 3.8) is 0 Å². The first-order chi connectivity index (χ1) is 12.5. The van der Waals surface area contributed by atoms with Gasteiger partial charge in [0, 0.05) is 17.6 Å². The molecule has 5 heteroatoms. The molecule has 3 rings (SSSR count). The first-order valence-electron chi connectivity index (χ1n) is 8.45. The van der Waals surface area contributed by atoms with Gasteiger partial charge in [-0.1, -0.05) is 24.3 Å². The average molecular weight is 370 g/mol. The molecule has 0 bridgehead atoms. The van der Waals surface area contributed by atoms with Crippen molar-refractivity contribution in [1.29, 1.82) is 0 Å². The lowest BCUT2D eigenvalue weighted by Gasteiger charge is -2.20. The number of hydrogen-bond acceptors (Lipinski definition) is 3. The van der Waals surface area contributed by atoms with E-state index in [0.29, 0.717) is 6.54 Å². The van der Waals surface area contributed by atoms with Crippen molar-refractivity contribution in [2.75, 3.05) is 0 Å². The lowest BCUT2D eigenvalue weighted by Crippen LogP contribution is -2.30. The Morgan fingerprint density at radius 3 is 2.65 bits per heavy atom. The number of nitrogens with zero attached hydrogens (tertiary/aromatic N) is 3. The van der Waals surface area contributed by atoms with Crippen molar-refractivity contribution >= 4 is 29.1 Å². The van der Waals surface area contributed by atoms with E-state index in [1.807, 2.05) is 19.2 Å². The number of aliphatic imine (C=N–C) groups is 2. The fraction of sp³-hybridized carbons (Fsp3) is 0.238. The second kappa shape index (κ2) is 9.82. The molecule has 0 aliphatic carbocycles. The van der Waals surface area contributed by atoms with Crippen LogP contribution in [0.5, 0.6) is 0 Å². The molecule has 26 heavy (non-hydrogen) atoms. The summed E-state index contributed by atoms with van der Waals surface area (Å²) < 4.78 is 13.0. The van der Waals surface area contributed by atoms with Crippen LogP contribution in [0.3, 0.4) is 0 Å². The summed E-state index contributed by atoms with van der Waals surface area (Å²) in [5.41, 5.74) is 2.18. The van der Waals surface area contributed by atoms with Crippen molar-refractivity contribution in [2.45, 2.75) is 33.4 Å². The smallest absolute Gasteiger partial charge is 0.152 e. The zero-order valence-corrected chi connectivity index (χ0v) is 16.2. The highest BCUT2D eigenvalue weighted by Crippen LogP contribution is 2.20. The van der Waals surface area contributed by atoms with Gasteiger partial charge in [-0.3, -0.25) is 0 Å². The number of halogens is 1. The molecule has 1 atom stereocenters. The first kappa shape index (κ1) is 19.8. The predicted octanol–water partition coefficient (Wildman–Crippen LogP) is 5.77. The Balaban J connectivity index is 0.000000758. The Morgan fingerprint density at radius 1 is 1.35 bits per heavy atom. The lowest BCUT2D eigenvalue weighted by molar-refractivity contribution is 0.411. The zero-order valence-electron chi connectivity index (χ0n) is 15.4. The van der Waals surface area contributed by atoms with Gasteiger partial charge in [-0.05, 0) is 55.5 Å². The maximum atomic E-state index is 13.0. The molecule has 2 aromatic rings. The average Bonchev–Trinajstić information content (AvgIpc) is 3.27. The maximum absolute atomic E-state index is 13.0. The van der Waals surface area contributed by atoms with Crippen molar-refractivity contribution in [2.24, 2.45) is 9.98 Å². The van der Waals surface area contributed by atoms with Crippen molar-refractivity contribution in [3.8, 4) is 0 Å². The largest absolute Gasteiger partial charge is 0.348 e. The molecule has 0 saturated carbocycles. The van der Waals surface area contributed by atoms with E-state index in [-0.39, 0.29) is 11.9 Å². The maximum Gasteiger partial charge on any atom is 0.152 e. The Morgan fingerprint density at radius 2 is 2.04 bits per heavy atom. The van der Waals surface area contributed by atoms with Gasteiger partial charge in [0.2, 0.25) is 0 Å². The minimum atomic E-state index is -0.215. The topological polar surface area (TPSA) is 28.0 Å². The summed E-state index contributed by atoms with van der Waals surface area (Å²) >= 11 is 1.70. The molecule has 1 unspecified atom stereocenters. The van der Waals surface area contributed by atoms with E-state index in [2.05, 4.69) is 46.8 Å². The van der Waals surface area contributed by atoms with Gasteiger partial charge < -0.3 is 4.90 Å². The second-order valence-electron chi connectivity index (χ2n) is 5.90. The molecular formula is C21H24FN3S. The van der Waals surface area contributed by atoms with E-state index >= 15 is 0 Å². The van der Waals surface area contributed by atoms with E-state index in [4.69, 9.17) is 0 Å². The highest BCUT2D eigenvalue weighted by Gasteiger charge is 2.22. The van der Waals surface area contributed by atoms with E-state index in [1.54, 1.807) is 35.9 Å². The summed E-state index contributed by atoms with van der Waals surface area (Å²) in [6.07, 6.45) is 5.43. The summed E-state index contributed by atoms with van der Waals surface area (Å²) in [6.45, 7) is 10.1. The molecular weight excluding hydrogens is 345 g/mol. The first-order valence-corrected chi connectivity index (χ1v) is 9.33. The van der Waals surface area contributed by atoms with Crippen molar-refractivity contribution in [3.05, 3.63) is 76.9 Å². The monoisotopic (exact) mass is 369 g/mol. The number of benzene rings is 1. The van der Waals surface area contributed by atoms with E-state index in [0.717, 1.165) is 17.0 Å². The van der Waals surface area contributed by atoms with Crippen LogP contribution in [0.15, 0.2) is 70.6 Å². The van der Waals surface area contributed by atoms with Gasteiger partial charge in [-0.15, -0.1) is 17.9 Å². The summed E-state index contributed by atoms with van der Waals surface area (Å²) in [5.74, 6) is 0.580. The molecule has 0 saturated heterocycles. The Bertz CT molecular complexity index is 789. The SMILES string of the molecule is C/C(=C\N=C1N=CN(Cc2ccc(F)cc2)C1C)c1cccs1.C=CC. The molecule has 0 radical (unpaired) electrons. The van der Waals surface area contributed by atoms with Crippen LogP contribution in [0.4, 0.5) is 4.39 Å². The van der Waals surface area contributed by atoms with E-state index < -0.39 is 0 Å². The number of allylic oxidation sites excluding steroid dienone is 2. The van der Waals surface area contributed by atoms with Crippen LogP contribution in [0.25, 0.3) is 5.57 Å². The fourth-order valence-corrected chi connectivity index (χ4v) is 3.04. The predicted molar refractivity (Wildman–Crippen MR) is 111 cm³/mol. The van der Waals surface area contributed by atoms with Crippen LogP contribution in [-0.2, 0) is 6.54 Å². The van der Waals surface area contributed by atoms with Crippen LogP contribution in [-0.4, -0.2) is 23.1 Å². The Labute approximate surface area is 158 Å². The molecule has 136 valence electrons. The molecule has 0 N–H and O–H groups in total. The second-order valence-corrected chi connectivity index (χ2v) is 6.85. The van der Waals surface area contributed by atoms with Gasteiger partial charge >= 0.3 is 0 Å². The number of amidine groups is 1. The molecule has 2 heterocycles. The number of thiophene rings is 1. The lowest BCUT2D eigenvalue weighted by atomic mass is 10.2. The van der Waals surface area contributed by atoms with Gasteiger partial charge in [0.25, 0.3) is 0 Å². The highest BCUT2D eigenvalue weighted by atomic mass is 32.1. The minimum Gasteiger partial charge on any atom is -0.348 e. The molecule has 1 aliphatic rings. The van der Waals surface area contributed by atoms with Gasteiger partial charge in [0.15, 0.2) is 5.84 Å². The molecule has 1 aliphatic heterocycles. The normalized spacial score (nSPS) is 18.0. The summed E-state index contributed by atoms with van der Waals surface area (Å²) in [4.78, 5) is 12.2. The van der Waals surface area contributed by atoms with Gasteiger partial charge in [0.05, 0.1) is 12.4 Å². The quantitative estimate of drug-likeness (QED) is 0.629. The summed E-state index contributed by atoms with van der Waals surface area (Å²) in [6, 6.07) is 10.8. The third-order valence-corrected chi connectivity index (χ3v) is 4.79. The van der Waals surface area contributed by atoms with E-state index in [9.17, 15) is 4.39 Å². The molecule has 1 aromatic heterocycles. The Kier molecular flexibility index (Phi) is 7.48. The van der Waals surface area contributed by atoms with Crippen LogP contribution in [0.2, 0.25) is 0 Å². The summed E-state index contributed by atoms with van der Waals surface area (Å²) in [7, 11) is 0. The van der Waals surface area contributed by atoms with Crippen LogP contribution in [0, 0.1) is 5.82 Å². The number of hydrogen-bond donors (Lipinski definition) is 0. The van der Waals surface area contributed by atoms with Crippen LogP contribution >= 0.6 is 11.3 Å².